The maximum atomic E-state index is 12.5. The summed E-state index contributed by atoms with van der Waals surface area (Å²) in [5, 5.41) is 5.81. The van der Waals surface area contributed by atoms with Gasteiger partial charge in [-0.25, -0.2) is 13.4 Å². The lowest BCUT2D eigenvalue weighted by Crippen LogP contribution is -2.41. The zero-order valence-electron chi connectivity index (χ0n) is 15.9. The van der Waals surface area contributed by atoms with Crippen molar-refractivity contribution in [3.8, 4) is 5.75 Å². The van der Waals surface area contributed by atoms with Crippen molar-refractivity contribution in [3.05, 3.63) is 29.8 Å². The highest BCUT2D eigenvalue weighted by Gasteiger charge is 2.32. The first-order chi connectivity index (χ1) is 12.4. The number of hydrogen-bond acceptors (Lipinski definition) is 4. The number of hydrogen-bond donors (Lipinski definition) is 2. The molecule has 0 bridgehead atoms. The van der Waals surface area contributed by atoms with E-state index in [0.717, 1.165) is 0 Å². The molecule has 0 aromatic heterocycles. The van der Waals surface area contributed by atoms with Crippen LogP contribution < -0.4 is 15.4 Å². The molecule has 0 heterocycles. The lowest BCUT2D eigenvalue weighted by molar-refractivity contribution is -0.274. The van der Waals surface area contributed by atoms with E-state index in [9.17, 15) is 21.6 Å². The second-order valence-corrected chi connectivity index (χ2v) is 9.57. The number of ether oxygens (including phenoxy) is 1. The zero-order chi connectivity index (χ0) is 20.7. The Bertz CT molecular complexity index is 742. The lowest BCUT2D eigenvalue weighted by Gasteiger charge is -2.20. The van der Waals surface area contributed by atoms with E-state index in [1.807, 2.05) is 6.92 Å². The minimum atomic E-state index is -4.79. The second kappa shape index (κ2) is 9.29. The number of halogens is 3. The summed E-state index contributed by atoms with van der Waals surface area (Å²) in [6.45, 7) is 7.28. The van der Waals surface area contributed by atoms with Crippen LogP contribution in [0.1, 0.15) is 33.3 Å². The van der Waals surface area contributed by atoms with E-state index in [1.165, 1.54) is 18.2 Å². The molecule has 1 rings (SSSR count). The molecule has 0 radical (unpaired) electrons. The standard InChI is InChI=1S/C17H26F3N3O3S/c1-5-21-15(22-10-11-27(24,25)16(2,3)4)23-12-13-8-6-7-9-14(13)26-17(18,19)20/h6-9H,5,10-12H2,1-4H3,(H2,21,22,23). The third-order valence-electron chi connectivity index (χ3n) is 3.55. The zero-order valence-corrected chi connectivity index (χ0v) is 16.7. The Kier molecular flexibility index (Phi) is 7.94. The van der Waals surface area contributed by atoms with Gasteiger partial charge in [0.1, 0.15) is 5.75 Å². The van der Waals surface area contributed by atoms with Crippen molar-refractivity contribution in [1.29, 1.82) is 0 Å². The number of guanidine groups is 1. The molecule has 27 heavy (non-hydrogen) atoms. The number of nitrogens with zero attached hydrogens (tertiary/aromatic N) is 1. The number of aliphatic imine (C=N–C) groups is 1. The van der Waals surface area contributed by atoms with E-state index in [0.29, 0.717) is 12.5 Å². The van der Waals surface area contributed by atoms with Crippen molar-refractivity contribution in [2.75, 3.05) is 18.8 Å². The highest BCUT2D eigenvalue weighted by molar-refractivity contribution is 7.92. The maximum Gasteiger partial charge on any atom is 0.573 e. The highest BCUT2D eigenvalue weighted by atomic mass is 32.2. The van der Waals surface area contributed by atoms with Gasteiger partial charge in [-0.05, 0) is 33.8 Å². The third kappa shape index (κ3) is 8.06. The van der Waals surface area contributed by atoms with Crippen molar-refractivity contribution < 1.29 is 26.3 Å². The predicted molar refractivity (Wildman–Crippen MR) is 99.5 cm³/mol. The van der Waals surface area contributed by atoms with Crippen LogP contribution in [0.4, 0.5) is 13.2 Å². The minimum absolute atomic E-state index is 0.0619. The van der Waals surface area contributed by atoms with Crippen molar-refractivity contribution >= 4 is 15.8 Å². The fourth-order valence-electron chi connectivity index (χ4n) is 1.97. The molecule has 154 valence electrons. The van der Waals surface area contributed by atoms with Crippen LogP contribution in [-0.2, 0) is 16.4 Å². The van der Waals surface area contributed by atoms with Crippen LogP contribution in [0.15, 0.2) is 29.3 Å². The Morgan fingerprint density at radius 3 is 2.33 bits per heavy atom. The van der Waals surface area contributed by atoms with Crippen LogP contribution >= 0.6 is 0 Å². The first-order valence-corrected chi connectivity index (χ1v) is 10.1. The molecule has 0 atom stereocenters. The topological polar surface area (TPSA) is 79.8 Å². The van der Waals surface area contributed by atoms with Crippen LogP contribution in [0.3, 0.4) is 0 Å². The molecule has 0 fully saturated rings. The molecular formula is C17H26F3N3O3S. The van der Waals surface area contributed by atoms with Crippen molar-refractivity contribution in [1.82, 2.24) is 10.6 Å². The summed E-state index contributed by atoms with van der Waals surface area (Å²) in [6, 6.07) is 5.73. The predicted octanol–water partition coefficient (Wildman–Crippen LogP) is 2.85. The minimum Gasteiger partial charge on any atom is -0.405 e. The fraction of sp³-hybridized carbons (Fsp3) is 0.588. The Hall–Kier alpha value is -1.97. The summed E-state index contributed by atoms with van der Waals surface area (Å²) in [6.07, 6.45) is -4.79. The van der Waals surface area contributed by atoms with Crippen molar-refractivity contribution in [2.24, 2.45) is 4.99 Å². The first kappa shape index (κ1) is 23.1. The van der Waals surface area contributed by atoms with Gasteiger partial charge in [-0.2, -0.15) is 0 Å². The van der Waals surface area contributed by atoms with Crippen LogP contribution in [0, 0.1) is 0 Å². The molecule has 0 spiro atoms. The number of sulfone groups is 1. The smallest absolute Gasteiger partial charge is 0.405 e. The number of rotatable bonds is 7. The molecule has 2 N–H and O–H groups in total. The summed E-state index contributed by atoms with van der Waals surface area (Å²) < 4.78 is 64.8. The van der Waals surface area contributed by atoms with Crippen molar-refractivity contribution in [2.45, 2.75) is 45.3 Å². The van der Waals surface area contributed by atoms with Gasteiger partial charge in [0.05, 0.1) is 17.0 Å². The quantitative estimate of drug-likeness (QED) is 0.535. The molecular weight excluding hydrogens is 383 g/mol. The molecule has 0 aliphatic carbocycles. The van der Waals surface area contributed by atoms with E-state index < -0.39 is 20.9 Å². The van der Waals surface area contributed by atoms with Crippen LogP contribution in [0.25, 0.3) is 0 Å². The van der Waals surface area contributed by atoms with Gasteiger partial charge >= 0.3 is 6.36 Å². The van der Waals surface area contributed by atoms with E-state index in [1.54, 1.807) is 26.8 Å². The van der Waals surface area contributed by atoms with Gasteiger partial charge in [0.25, 0.3) is 0 Å². The van der Waals surface area contributed by atoms with E-state index in [2.05, 4.69) is 20.4 Å². The maximum absolute atomic E-state index is 12.5. The largest absolute Gasteiger partial charge is 0.573 e. The molecule has 1 aromatic carbocycles. The van der Waals surface area contributed by atoms with E-state index in [-0.39, 0.29) is 30.2 Å². The molecule has 0 unspecified atom stereocenters. The lowest BCUT2D eigenvalue weighted by atomic mass is 10.2. The Labute approximate surface area is 158 Å². The van der Waals surface area contributed by atoms with Gasteiger partial charge in [0.15, 0.2) is 15.8 Å². The van der Waals surface area contributed by atoms with Gasteiger partial charge in [-0.1, -0.05) is 18.2 Å². The van der Waals surface area contributed by atoms with Gasteiger partial charge in [-0.3, -0.25) is 0 Å². The molecule has 6 nitrogen and oxygen atoms in total. The Morgan fingerprint density at radius 2 is 1.78 bits per heavy atom. The van der Waals surface area contributed by atoms with Crippen LogP contribution in [0.5, 0.6) is 5.75 Å². The second-order valence-electron chi connectivity index (χ2n) is 6.71. The van der Waals surface area contributed by atoms with Gasteiger partial charge < -0.3 is 15.4 Å². The molecule has 0 saturated heterocycles. The highest BCUT2D eigenvalue weighted by Crippen LogP contribution is 2.26. The van der Waals surface area contributed by atoms with Crippen LogP contribution in [-0.4, -0.2) is 44.3 Å². The molecule has 1 aromatic rings. The van der Waals surface area contributed by atoms with Crippen molar-refractivity contribution in [3.63, 3.8) is 0 Å². The third-order valence-corrected chi connectivity index (χ3v) is 6.15. The summed E-state index contributed by atoms with van der Waals surface area (Å²) >= 11 is 0. The summed E-state index contributed by atoms with van der Waals surface area (Å²) in [5.41, 5.74) is 0.259. The summed E-state index contributed by atoms with van der Waals surface area (Å²) in [4.78, 5) is 4.21. The molecule has 0 amide bonds. The summed E-state index contributed by atoms with van der Waals surface area (Å²) in [7, 11) is -3.29. The number of benzene rings is 1. The van der Waals surface area contributed by atoms with E-state index in [4.69, 9.17) is 0 Å². The average molecular weight is 409 g/mol. The summed E-state index contributed by atoms with van der Waals surface area (Å²) in [5.74, 6) is -0.0994. The molecule has 0 saturated carbocycles. The van der Waals surface area contributed by atoms with Gasteiger partial charge in [0, 0.05) is 18.7 Å². The Balaban J connectivity index is 2.81. The van der Waals surface area contributed by atoms with Gasteiger partial charge in [0.2, 0.25) is 0 Å². The number of alkyl halides is 3. The molecule has 0 aliphatic heterocycles. The van der Waals surface area contributed by atoms with Gasteiger partial charge in [-0.15, -0.1) is 13.2 Å². The number of nitrogens with one attached hydrogen (secondary N) is 2. The van der Waals surface area contributed by atoms with E-state index >= 15 is 0 Å². The van der Waals surface area contributed by atoms with Crippen LogP contribution in [0.2, 0.25) is 0 Å². The Morgan fingerprint density at radius 1 is 1.15 bits per heavy atom. The first-order valence-electron chi connectivity index (χ1n) is 8.44. The molecule has 0 aliphatic rings. The monoisotopic (exact) mass is 409 g/mol. The normalized spacial score (nSPS) is 13.4. The molecule has 10 heteroatoms. The average Bonchev–Trinajstić information content (AvgIpc) is 2.51. The fourth-order valence-corrected chi connectivity index (χ4v) is 2.96. The SMILES string of the molecule is CCNC(=NCc1ccccc1OC(F)(F)F)NCCS(=O)(=O)C(C)(C)C. The number of para-hydroxylation sites is 1.